The number of ether oxygens (including phenoxy) is 3. The van der Waals surface area contributed by atoms with Crippen molar-refractivity contribution in [2.75, 3.05) is 26.6 Å². The maximum absolute atomic E-state index is 12.5. The quantitative estimate of drug-likeness (QED) is 0.752. The Morgan fingerprint density at radius 2 is 1.69 bits per heavy atom. The smallest absolute Gasteiger partial charge is 0.257 e. The van der Waals surface area contributed by atoms with E-state index in [-0.39, 0.29) is 5.11 Å². The minimum absolute atomic E-state index is 0.147. The number of halogens is 1. The molecule has 0 atom stereocenters. The SMILES string of the molecule is COc1cc(C(=O)NC(=S)Nc2cccc(Cl)c2C)cc(OC)c1OC. The molecule has 0 radical (unpaired) electrons. The molecule has 26 heavy (non-hydrogen) atoms. The van der Waals surface area contributed by atoms with E-state index in [4.69, 9.17) is 38.0 Å². The van der Waals surface area contributed by atoms with Crippen LogP contribution in [-0.2, 0) is 0 Å². The summed E-state index contributed by atoms with van der Waals surface area (Å²) in [5.74, 6) is 0.742. The molecular weight excluding hydrogens is 376 g/mol. The molecule has 2 aromatic carbocycles. The van der Waals surface area contributed by atoms with Gasteiger partial charge in [-0.25, -0.2) is 0 Å². The zero-order valence-corrected chi connectivity index (χ0v) is 16.4. The molecular formula is C18H19ClN2O4S. The Bertz CT molecular complexity index is 817. The fraction of sp³-hybridized carbons (Fsp3) is 0.222. The van der Waals surface area contributed by atoms with Crippen LogP contribution in [0.15, 0.2) is 30.3 Å². The van der Waals surface area contributed by atoms with Crippen molar-refractivity contribution >= 4 is 40.5 Å². The van der Waals surface area contributed by atoms with Gasteiger partial charge < -0.3 is 19.5 Å². The Morgan fingerprint density at radius 1 is 1.08 bits per heavy atom. The highest BCUT2D eigenvalue weighted by Gasteiger charge is 2.18. The number of thiocarbonyl (C=S) groups is 1. The number of hydrogen-bond acceptors (Lipinski definition) is 5. The van der Waals surface area contributed by atoms with Crippen molar-refractivity contribution in [2.45, 2.75) is 6.92 Å². The summed E-state index contributed by atoms with van der Waals surface area (Å²) in [5.41, 5.74) is 1.86. The lowest BCUT2D eigenvalue weighted by molar-refractivity contribution is 0.0977. The van der Waals surface area contributed by atoms with E-state index in [2.05, 4.69) is 10.6 Å². The normalized spacial score (nSPS) is 10.0. The first kappa shape index (κ1) is 19.8. The van der Waals surface area contributed by atoms with Crippen LogP contribution >= 0.6 is 23.8 Å². The van der Waals surface area contributed by atoms with Crippen molar-refractivity contribution < 1.29 is 19.0 Å². The Labute approximate surface area is 162 Å². The van der Waals surface area contributed by atoms with E-state index in [1.54, 1.807) is 24.3 Å². The van der Waals surface area contributed by atoms with E-state index in [0.717, 1.165) is 5.56 Å². The first-order valence-electron chi connectivity index (χ1n) is 7.58. The number of carbonyl (C=O) groups excluding carboxylic acids is 1. The molecule has 2 aromatic rings. The summed E-state index contributed by atoms with van der Waals surface area (Å²) in [4.78, 5) is 12.5. The topological polar surface area (TPSA) is 68.8 Å². The highest BCUT2D eigenvalue weighted by atomic mass is 35.5. The molecule has 0 aliphatic carbocycles. The monoisotopic (exact) mass is 394 g/mol. The van der Waals surface area contributed by atoms with E-state index < -0.39 is 5.91 Å². The van der Waals surface area contributed by atoms with Crippen LogP contribution in [0.5, 0.6) is 17.2 Å². The highest BCUT2D eigenvalue weighted by Crippen LogP contribution is 2.38. The average Bonchev–Trinajstić information content (AvgIpc) is 2.63. The van der Waals surface area contributed by atoms with Gasteiger partial charge in [-0.2, -0.15) is 0 Å². The van der Waals surface area contributed by atoms with Crippen molar-refractivity contribution in [1.82, 2.24) is 5.32 Å². The lowest BCUT2D eigenvalue weighted by Gasteiger charge is -2.15. The van der Waals surface area contributed by atoms with Gasteiger partial charge in [0, 0.05) is 16.3 Å². The Kier molecular flexibility index (Phi) is 6.65. The predicted molar refractivity (Wildman–Crippen MR) is 106 cm³/mol. The Morgan fingerprint density at radius 3 is 2.23 bits per heavy atom. The van der Waals surface area contributed by atoms with Gasteiger partial charge in [0.15, 0.2) is 16.6 Å². The molecule has 0 saturated carbocycles. The second kappa shape index (κ2) is 8.73. The lowest BCUT2D eigenvalue weighted by atomic mass is 10.1. The number of rotatable bonds is 5. The van der Waals surface area contributed by atoms with Crippen molar-refractivity contribution in [3.63, 3.8) is 0 Å². The van der Waals surface area contributed by atoms with Crippen molar-refractivity contribution in [3.8, 4) is 17.2 Å². The summed E-state index contributed by atoms with van der Waals surface area (Å²) in [6.45, 7) is 1.86. The van der Waals surface area contributed by atoms with Crippen LogP contribution < -0.4 is 24.8 Å². The highest BCUT2D eigenvalue weighted by molar-refractivity contribution is 7.80. The summed E-state index contributed by atoms with van der Waals surface area (Å²) in [6, 6.07) is 8.48. The summed E-state index contributed by atoms with van der Waals surface area (Å²) < 4.78 is 15.7. The van der Waals surface area contributed by atoms with E-state index in [1.165, 1.54) is 21.3 Å². The molecule has 0 heterocycles. The third-order valence-electron chi connectivity index (χ3n) is 3.67. The molecule has 1 amide bonds. The zero-order chi connectivity index (χ0) is 19.3. The minimum atomic E-state index is -0.415. The largest absolute Gasteiger partial charge is 0.493 e. The average molecular weight is 395 g/mol. The maximum Gasteiger partial charge on any atom is 0.257 e. The summed E-state index contributed by atoms with van der Waals surface area (Å²) in [5, 5.41) is 6.33. The van der Waals surface area contributed by atoms with Gasteiger partial charge in [0.05, 0.1) is 21.3 Å². The third-order valence-corrected chi connectivity index (χ3v) is 4.28. The van der Waals surface area contributed by atoms with Crippen molar-refractivity contribution in [1.29, 1.82) is 0 Å². The van der Waals surface area contributed by atoms with Crippen molar-refractivity contribution in [3.05, 3.63) is 46.5 Å². The number of hydrogen-bond donors (Lipinski definition) is 2. The molecule has 0 fully saturated rings. The second-order valence-electron chi connectivity index (χ2n) is 5.23. The zero-order valence-electron chi connectivity index (χ0n) is 14.8. The van der Waals surface area contributed by atoms with Crippen LogP contribution in [0.4, 0.5) is 5.69 Å². The van der Waals surface area contributed by atoms with Gasteiger partial charge in [-0.15, -0.1) is 0 Å². The number of methoxy groups -OCH3 is 3. The summed E-state index contributed by atoms with van der Waals surface area (Å²) >= 11 is 11.3. The van der Waals surface area contributed by atoms with Crippen LogP contribution in [0.3, 0.4) is 0 Å². The number of amides is 1. The molecule has 2 N–H and O–H groups in total. The second-order valence-corrected chi connectivity index (χ2v) is 6.05. The third kappa shape index (κ3) is 4.36. The minimum Gasteiger partial charge on any atom is -0.493 e. The lowest BCUT2D eigenvalue weighted by Crippen LogP contribution is -2.34. The molecule has 0 aromatic heterocycles. The van der Waals surface area contributed by atoms with Gasteiger partial charge in [0.2, 0.25) is 5.75 Å². The first-order chi connectivity index (χ1) is 12.4. The van der Waals surface area contributed by atoms with Gasteiger partial charge in [-0.1, -0.05) is 17.7 Å². The molecule has 0 spiro atoms. The van der Waals surface area contributed by atoms with E-state index in [9.17, 15) is 4.79 Å². The van der Waals surface area contributed by atoms with Crippen LogP contribution in [-0.4, -0.2) is 32.3 Å². The molecule has 0 saturated heterocycles. The fourth-order valence-corrected chi connectivity index (χ4v) is 2.66. The number of benzene rings is 2. The standard InChI is InChI=1S/C18H19ClN2O4S/c1-10-12(19)6-5-7-13(10)20-18(26)21-17(22)11-8-14(23-2)16(25-4)15(9-11)24-3/h5-9H,1-4H3,(H2,20,21,22,26). The van der Waals surface area contributed by atoms with Crippen LogP contribution in [0.1, 0.15) is 15.9 Å². The molecule has 0 aliphatic heterocycles. The van der Waals surface area contributed by atoms with Gasteiger partial charge in [0.25, 0.3) is 5.91 Å². The Balaban J connectivity index is 2.19. The van der Waals surface area contributed by atoms with Crippen LogP contribution in [0, 0.1) is 6.92 Å². The van der Waals surface area contributed by atoms with Crippen molar-refractivity contribution in [2.24, 2.45) is 0 Å². The number of anilines is 1. The van der Waals surface area contributed by atoms with Crippen LogP contribution in [0.25, 0.3) is 0 Å². The molecule has 8 heteroatoms. The van der Waals surface area contributed by atoms with Gasteiger partial charge in [-0.05, 0) is 49.0 Å². The summed E-state index contributed by atoms with van der Waals surface area (Å²) in [6.07, 6.45) is 0. The molecule has 0 aliphatic rings. The van der Waals surface area contributed by atoms with Gasteiger partial charge >= 0.3 is 0 Å². The number of nitrogens with one attached hydrogen (secondary N) is 2. The van der Waals surface area contributed by atoms with Gasteiger partial charge in [-0.3, -0.25) is 10.1 Å². The number of carbonyl (C=O) groups is 1. The predicted octanol–water partition coefficient (Wildman–Crippen LogP) is 3.80. The van der Waals surface area contributed by atoms with E-state index >= 15 is 0 Å². The van der Waals surface area contributed by atoms with E-state index in [0.29, 0.717) is 33.5 Å². The molecule has 0 unspecified atom stereocenters. The van der Waals surface area contributed by atoms with Gasteiger partial charge in [0.1, 0.15) is 0 Å². The Hall–Kier alpha value is -2.51. The van der Waals surface area contributed by atoms with Crippen LogP contribution in [0.2, 0.25) is 5.02 Å². The molecule has 2 rings (SSSR count). The molecule has 6 nitrogen and oxygen atoms in total. The van der Waals surface area contributed by atoms with E-state index in [1.807, 2.05) is 13.0 Å². The maximum atomic E-state index is 12.5. The molecule has 0 bridgehead atoms. The fourth-order valence-electron chi connectivity index (χ4n) is 2.28. The summed E-state index contributed by atoms with van der Waals surface area (Å²) in [7, 11) is 4.45. The first-order valence-corrected chi connectivity index (χ1v) is 8.37. The molecule has 138 valence electrons.